The van der Waals surface area contributed by atoms with Crippen LogP contribution in [0.25, 0.3) is 0 Å². The maximum Gasteiger partial charge on any atom is 0.00674 e. The van der Waals surface area contributed by atoms with Crippen molar-refractivity contribution in [3.05, 3.63) is 24.8 Å². The lowest BCUT2D eigenvalue weighted by Crippen LogP contribution is -2.36. The molecule has 0 bridgehead atoms. The molecule has 1 nitrogen and oxygen atoms in total. The summed E-state index contributed by atoms with van der Waals surface area (Å²) in [5.74, 6) is 1.04. The van der Waals surface area contributed by atoms with Crippen LogP contribution in [0.2, 0.25) is 0 Å². The highest BCUT2D eigenvalue weighted by molar-refractivity contribution is 4.94. The number of hydrogen-bond acceptors (Lipinski definition) is 1. The van der Waals surface area contributed by atoms with Gasteiger partial charge in [0, 0.05) is 6.04 Å². The van der Waals surface area contributed by atoms with Crippen molar-refractivity contribution in [2.75, 3.05) is 6.54 Å². The zero-order valence-electron chi connectivity index (χ0n) is 18.1. The Hall–Kier alpha value is -0.560. The third-order valence-corrected chi connectivity index (χ3v) is 5.38. The Morgan fingerprint density at radius 1 is 1.00 bits per heavy atom. The van der Waals surface area contributed by atoms with Crippen molar-refractivity contribution in [3.63, 3.8) is 0 Å². The normalized spacial score (nSPS) is 21.0. The quantitative estimate of drug-likeness (QED) is 0.502. The van der Waals surface area contributed by atoms with Crippen molar-refractivity contribution in [3.8, 4) is 0 Å². The molecule has 2 aliphatic carbocycles. The highest BCUT2D eigenvalue weighted by atomic mass is 14.9. The van der Waals surface area contributed by atoms with Gasteiger partial charge in [0.25, 0.3) is 0 Å². The minimum absolute atomic E-state index is 0.613. The molecule has 2 aliphatic rings. The molecule has 2 rings (SSSR count). The molecule has 148 valence electrons. The summed E-state index contributed by atoms with van der Waals surface area (Å²) in [4.78, 5) is 0. The van der Waals surface area contributed by atoms with Gasteiger partial charge in [-0.1, -0.05) is 91.0 Å². The zero-order chi connectivity index (χ0) is 19.0. The van der Waals surface area contributed by atoms with Gasteiger partial charge in [-0.25, -0.2) is 0 Å². The van der Waals surface area contributed by atoms with E-state index in [0.29, 0.717) is 5.41 Å². The third-order valence-electron chi connectivity index (χ3n) is 5.38. The molecular weight excluding hydrogens is 302 g/mol. The second-order valence-corrected chi connectivity index (χ2v) is 8.65. The van der Waals surface area contributed by atoms with Gasteiger partial charge in [-0.15, -0.1) is 0 Å². The minimum atomic E-state index is 0.613. The molecule has 1 heteroatoms. The molecule has 0 amide bonds. The first-order chi connectivity index (χ1) is 12.0. The Morgan fingerprint density at radius 3 is 2.00 bits per heavy atom. The number of rotatable bonds is 5. The maximum absolute atomic E-state index is 3.81. The van der Waals surface area contributed by atoms with E-state index in [-0.39, 0.29) is 0 Å². The van der Waals surface area contributed by atoms with E-state index < -0.39 is 0 Å². The third kappa shape index (κ3) is 14.3. The molecule has 0 saturated heterocycles. The minimum Gasteiger partial charge on any atom is -0.314 e. The Kier molecular flexibility index (Phi) is 15.3. The first kappa shape index (κ1) is 24.4. The van der Waals surface area contributed by atoms with Crippen molar-refractivity contribution in [2.24, 2.45) is 11.3 Å². The molecule has 2 fully saturated rings. The van der Waals surface area contributed by atoms with Crippen LogP contribution in [0.5, 0.6) is 0 Å². The second kappa shape index (κ2) is 15.7. The van der Waals surface area contributed by atoms with Gasteiger partial charge in [0.05, 0.1) is 0 Å². The molecular formula is C24H47N. The van der Waals surface area contributed by atoms with Crippen molar-refractivity contribution < 1.29 is 0 Å². The Labute approximate surface area is 159 Å². The second-order valence-electron chi connectivity index (χ2n) is 8.65. The van der Waals surface area contributed by atoms with E-state index in [1.807, 2.05) is 19.1 Å². The van der Waals surface area contributed by atoms with E-state index in [1.165, 1.54) is 77.2 Å². The molecule has 0 radical (unpaired) electrons. The van der Waals surface area contributed by atoms with Crippen LogP contribution in [0.1, 0.15) is 105 Å². The number of nitrogens with one attached hydrogen (secondary N) is 1. The van der Waals surface area contributed by atoms with Gasteiger partial charge in [-0.2, -0.15) is 0 Å². The van der Waals surface area contributed by atoms with E-state index >= 15 is 0 Å². The molecule has 0 aromatic heterocycles. The summed E-state index contributed by atoms with van der Waals surface area (Å²) in [5.41, 5.74) is 0.613. The molecule has 25 heavy (non-hydrogen) atoms. The highest BCUT2D eigenvalue weighted by Crippen LogP contribution is 2.35. The molecule has 2 saturated carbocycles. The molecule has 0 heterocycles. The smallest absolute Gasteiger partial charge is 0.00674 e. The van der Waals surface area contributed by atoms with Crippen molar-refractivity contribution in [1.29, 1.82) is 0 Å². The molecule has 0 aromatic carbocycles. The zero-order valence-corrected chi connectivity index (χ0v) is 18.1. The molecule has 0 spiro atoms. The first-order valence-electron chi connectivity index (χ1n) is 11.0. The predicted octanol–water partition coefficient (Wildman–Crippen LogP) is 7.68. The molecule has 0 unspecified atom stereocenters. The monoisotopic (exact) mass is 349 g/mol. The SMILES string of the molecule is C=C/C=C\C.CC1(C)CCC(NCCC2CCCCC2)CC1.CCC. The number of allylic oxidation sites excluding steroid dienone is 3. The maximum atomic E-state index is 3.81. The summed E-state index contributed by atoms with van der Waals surface area (Å²) in [6.45, 7) is 15.8. The lowest BCUT2D eigenvalue weighted by molar-refractivity contribution is 0.203. The average Bonchev–Trinajstić information content (AvgIpc) is 2.59. The summed E-state index contributed by atoms with van der Waals surface area (Å²) in [6.07, 6.45) is 21.3. The van der Waals surface area contributed by atoms with E-state index in [9.17, 15) is 0 Å². The summed E-state index contributed by atoms with van der Waals surface area (Å²) < 4.78 is 0. The van der Waals surface area contributed by atoms with Crippen molar-refractivity contribution >= 4 is 0 Å². The van der Waals surface area contributed by atoms with Crippen LogP contribution < -0.4 is 5.32 Å². The van der Waals surface area contributed by atoms with E-state index in [0.717, 1.165) is 12.0 Å². The molecule has 0 atom stereocenters. The highest BCUT2D eigenvalue weighted by Gasteiger charge is 2.26. The van der Waals surface area contributed by atoms with E-state index in [1.54, 1.807) is 6.08 Å². The lowest BCUT2D eigenvalue weighted by Gasteiger charge is -2.35. The Morgan fingerprint density at radius 2 is 1.56 bits per heavy atom. The van der Waals surface area contributed by atoms with E-state index in [4.69, 9.17) is 0 Å². The van der Waals surface area contributed by atoms with Crippen LogP contribution in [-0.2, 0) is 0 Å². The van der Waals surface area contributed by atoms with Crippen LogP contribution >= 0.6 is 0 Å². The van der Waals surface area contributed by atoms with Crippen LogP contribution in [0, 0.1) is 11.3 Å². The number of hydrogen-bond donors (Lipinski definition) is 1. The fourth-order valence-electron chi connectivity index (χ4n) is 3.71. The van der Waals surface area contributed by atoms with Gasteiger partial charge in [0.1, 0.15) is 0 Å². The van der Waals surface area contributed by atoms with Crippen molar-refractivity contribution in [2.45, 2.75) is 111 Å². The van der Waals surface area contributed by atoms with Gasteiger partial charge in [-0.05, 0) is 56.9 Å². The Bertz CT molecular complexity index is 313. The summed E-state index contributed by atoms with van der Waals surface area (Å²) in [6, 6.07) is 0.826. The van der Waals surface area contributed by atoms with Crippen LogP contribution in [0.4, 0.5) is 0 Å². The van der Waals surface area contributed by atoms with Crippen LogP contribution in [-0.4, -0.2) is 12.6 Å². The lowest BCUT2D eigenvalue weighted by atomic mass is 9.75. The topological polar surface area (TPSA) is 12.0 Å². The predicted molar refractivity (Wildman–Crippen MR) is 116 cm³/mol. The van der Waals surface area contributed by atoms with Gasteiger partial charge in [-0.3, -0.25) is 0 Å². The largest absolute Gasteiger partial charge is 0.314 e. The van der Waals surface area contributed by atoms with Gasteiger partial charge in [0.15, 0.2) is 0 Å². The Balaban J connectivity index is 0.000000610. The van der Waals surface area contributed by atoms with Gasteiger partial charge >= 0.3 is 0 Å². The van der Waals surface area contributed by atoms with Crippen molar-refractivity contribution in [1.82, 2.24) is 5.32 Å². The van der Waals surface area contributed by atoms with Crippen LogP contribution in [0.15, 0.2) is 24.8 Å². The van der Waals surface area contributed by atoms with E-state index in [2.05, 4.69) is 39.6 Å². The molecule has 1 N–H and O–H groups in total. The molecule has 0 aliphatic heterocycles. The fraction of sp³-hybridized carbons (Fsp3) is 0.833. The fourth-order valence-corrected chi connectivity index (χ4v) is 3.71. The average molecular weight is 350 g/mol. The summed E-state index contributed by atoms with van der Waals surface area (Å²) in [5, 5.41) is 3.81. The van der Waals surface area contributed by atoms with Crippen LogP contribution in [0.3, 0.4) is 0 Å². The summed E-state index contributed by atoms with van der Waals surface area (Å²) >= 11 is 0. The van der Waals surface area contributed by atoms with Gasteiger partial charge in [0.2, 0.25) is 0 Å². The molecule has 0 aromatic rings. The van der Waals surface area contributed by atoms with Gasteiger partial charge < -0.3 is 5.32 Å². The standard InChI is InChI=1S/C16H31N.C5H8.C3H8/c1-16(2)11-8-15(9-12-16)17-13-10-14-6-4-3-5-7-14;1-3-5-4-2;1-3-2/h14-15,17H,3-13H2,1-2H3;3-5H,1H2,2H3;3H2,1-2H3/b;5-4-;. The summed E-state index contributed by atoms with van der Waals surface area (Å²) in [7, 11) is 0. The first-order valence-corrected chi connectivity index (χ1v) is 11.0.